The lowest BCUT2D eigenvalue weighted by Crippen LogP contribution is -2.25. The van der Waals surface area contributed by atoms with E-state index >= 15 is 0 Å². The molecule has 0 spiro atoms. The lowest BCUT2D eigenvalue weighted by Gasteiger charge is -2.15. The van der Waals surface area contributed by atoms with Crippen LogP contribution in [0.2, 0.25) is 0 Å². The molecule has 8 heteroatoms. The zero-order chi connectivity index (χ0) is 15.0. The van der Waals surface area contributed by atoms with Gasteiger partial charge >= 0.3 is 6.18 Å². The number of sulfone groups is 1. The van der Waals surface area contributed by atoms with Crippen LogP contribution >= 0.6 is 0 Å². The van der Waals surface area contributed by atoms with Crippen molar-refractivity contribution >= 4 is 21.2 Å². The van der Waals surface area contributed by atoms with E-state index in [4.69, 9.17) is 5.73 Å². The van der Waals surface area contributed by atoms with Gasteiger partial charge in [-0.2, -0.15) is 13.2 Å². The summed E-state index contributed by atoms with van der Waals surface area (Å²) in [6.45, 7) is 0.115. The molecule has 0 aliphatic carbocycles. The SMILES string of the molecule is Nc1ccc(NCC2CCCS2(=O)=O)cc1C(F)(F)F. The maximum atomic E-state index is 12.7. The summed E-state index contributed by atoms with van der Waals surface area (Å²) in [5, 5.41) is 2.21. The number of nitrogens with one attached hydrogen (secondary N) is 1. The first-order valence-electron chi connectivity index (χ1n) is 6.12. The van der Waals surface area contributed by atoms with Gasteiger partial charge in [0, 0.05) is 17.9 Å². The van der Waals surface area contributed by atoms with Gasteiger partial charge in [-0.05, 0) is 31.0 Å². The number of anilines is 2. The van der Waals surface area contributed by atoms with Gasteiger partial charge in [-0.15, -0.1) is 0 Å². The van der Waals surface area contributed by atoms with Crippen molar-refractivity contribution in [1.82, 2.24) is 0 Å². The third kappa shape index (κ3) is 3.17. The molecular formula is C12H15F3N2O2S. The Hall–Kier alpha value is -1.44. The van der Waals surface area contributed by atoms with Crippen molar-refractivity contribution in [1.29, 1.82) is 0 Å². The topological polar surface area (TPSA) is 72.2 Å². The van der Waals surface area contributed by atoms with Crippen LogP contribution in [0.25, 0.3) is 0 Å². The third-order valence-corrected chi connectivity index (χ3v) is 5.63. The summed E-state index contributed by atoms with van der Waals surface area (Å²) in [6, 6.07) is 3.47. The Labute approximate surface area is 115 Å². The molecule has 1 aliphatic rings. The van der Waals surface area contributed by atoms with E-state index in [1.807, 2.05) is 0 Å². The van der Waals surface area contributed by atoms with Crippen LogP contribution in [0.5, 0.6) is 0 Å². The number of alkyl halides is 3. The highest BCUT2D eigenvalue weighted by Gasteiger charge is 2.34. The lowest BCUT2D eigenvalue weighted by molar-refractivity contribution is -0.136. The summed E-state index contributed by atoms with van der Waals surface area (Å²) in [4.78, 5) is 0. The fraction of sp³-hybridized carbons (Fsp3) is 0.500. The summed E-state index contributed by atoms with van der Waals surface area (Å²) in [5.41, 5.74) is 4.24. The summed E-state index contributed by atoms with van der Waals surface area (Å²) >= 11 is 0. The van der Waals surface area contributed by atoms with Crippen molar-refractivity contribution in [3.63, 3.8) is 0 Å². The molecule has 2 rings (SSSR count). The Balaban J connectivity index is 2.11. The number of hydrogen-bond donors (Lipinski definition) is 2. The predicted molar refractivity (Wildman–Crippen MR) is 71.2 cm³/mol. The Morgan fingerprint density at radius 1 is 1.35 bits per heavy atom. The monoisotopic (exact) mass is 308 g/mol. The fourth-order valence-corrected chi connectivity index (χ4v) is 4.00. The highest BCUT2D eigenvalue weighted by atomic mass is 32.2. The minimum atomic E-state index is -4.53. The minimum absolute atomic E-state index is 0.115. The smallest absolute Gasteiger partial charge is 0.398 e. The van der Waals surface area contributed by atoms with Crippen molar-refractivity contribution in [3.8, 4) is 0 Å². The summed E-state index contributed by atoms with van der Waals surface area (Å²) < 4.78 is 61.3. The number of nitrogens with two attached hydrogens (primary N) is 1. The van der Waals surface area contributed by atoms with E-state index in [0.29, 0.717) is 12.8 Å². The zero-order valence-electron chi connectivity index (χ0n) is 10.6. The van der Waals surface area contributed by atoms with E-state index in [1.165, 1.54) is 6.07 Å². The molecule has 112 valence electrons. The molecule has 1 fully saturated rings. The van der Waals surface area contributed by atoms with E-state index in [1.54, 1.807) is 0 Å². The standard InChI is InChI=1S/C12H15F3N2O2S/c13-12(14,15)10-6-8(3-4-11(10)16)17-7-9-2-1-5-20(9,18)19/h3-4,6,9,17H,1-2,5,7,16H2. The van der Waals surface area contributed by atoms with Crippen LogP contribution in [0.4, 0.5) is 24.5 Å². The van der Waals surface area contributed by atoms with Gasteiger partial charge in [0.15, 0.2) is 9.84 Å². The van der Waals surface area contributed by atoms with Gasteiger partial charge in [-0.25, -0.2) is 8.42 Å². The van der Waals surface area contributed by atoms with Crippen molar-refractivity contribution in [2.75, 3.05) is 23.3 Å². The van der Waals surface area contributed by atoms with E-state index < -0.39 is 26.8 Å². The molecule has 0 amide bonds. The van der Waals surface area contributed by atoms with Crippen molar-refractivity contribution in [2.24, 2.45) is 0 Å². The van der Waals surface area contributed by atoms with Crippen LogP contribution in [0, 0.1) is 0 Å². The van der Waals surface area contributed by atoms with Crippen LogP contribution in [0.15, 0.2) is 18.2 Å². The normalized spacial score (nSPS) is 21.9. The van der Waals surface area contributed by atoms with Crippen LogP contribution in [-0.2, 0) is 16.0 Å². The molecule has 4 nitrogen and oxygen atoms in total. The maximum Gasteiger partial charge on any atom is 0.418 e. The molecule has 1 heterocycles. The second-order valence-electron chi connectivity index (χ2n) is 4.81. The van der Waals surface area contributed by atoms with Crippen molar-refractivity contribution in [2.45, 2.75) is 24.3 Å². The minimum Gasteiger partial charge on any atom is -0.398 e. The van der Waals surface area contributed by atoms with Gasteiger partial charge < -0.3 is 11.1 Å². The Morgan fingerprint density at radius 2 is 2.05 bits per heavy atom. The number of benzene rings is 1. The van der Waals surface area contributed by atoms with Gasteiger partial charge in [0.2, 0.25) is 0 Å². The molecule has 0 saturated carbocycles. The molecular weight excluding hydrogens is 293 g/mol. The molecule has 20 heavy (non-hydrogen) atoms. The number of nitrogen functional groups attached to an aromatic ring is 1. The predicted octanol–water partition coefficient (Wildman–Crippen LogP) is 2.28. The largest absolute Gasteiger partial charge is 0.418 e. The maximum absolute atomic E-state index is 12.7. The first-order valence-corrected chi connectivity index (χ1v) is 7.84. The van der Waals surface area contributed by atoms with E-state index in [0.717, 1.165) is 12.1 Å². The number of halogens is 3. The highest BCUT2D eigenvalue weighted by Crippen LogP contribution is 2.35. The van der Waals surface area contributed by atoms with E-state index in [-0.39, 0.29) is 23.7 Å². The van der Waals surface area contributed by atoms with Crippen LogP contribution in [0.3, 0.4) is 0 Å². The summed E-state index contributed by atoms with van der Waals surface area (Å²) in [5.74, 6) is 0.148. The molecule has 0 bridgehead atoms. The first-order chi connectivity index (χ1) is 9.20. The van der Waals surface area contributed by atoms with Crippen LogP contribution in [-0.4, -0.2) is 26.0 Å². The molecule has 1 atom stereocenters. The molecule has 1 aromatic carbocycles. The summed E-state index contributed by atoms with van der Waals surface area (Å²) in [6.07, 6.45) is -3.39. The quantitative estimate of drug-likeness (QED) is 0.840. The Kier molecular flexibility index (Phi) is 3.86. The lowest BCUT2D eigenvalue weighted by atomic mass is 10.1. The van der Waals surface area contributed by atoms with Gasteiger partial charge in [0.1, 0.15) is 0 Å². The Bertz CT molecular complexity index is 599. The molecule has 0 radical (unpaired) electrons. The molecule has 3 N–H and O–H groups in total. The molecule has 0 aromatic heterocycles. The zero-order valence-corrected chi connectivity index (χ0v) is 11.4. The van der Waals surface area contributed by atoms with E-state index in [2.05, 4.69) is 5.32 Å². The second-order valence-corrected chi connectivity index (χ2v) is 7.21. The van der Waals surface area contributed by atoms with Crippen LogP contribution < -0.4 is 11.1 Å². The van der Waals surface area contributed by atoms with Gasteiger partial charge in [-0.3, -0.25) is 0 Å². The van der Waals surface area contributed by atoms with Gasteiger partial charge in [-0.1, -0.05) is 0 Å². The number of rotatable bonds is 3. The van der Waals surface area contributed by atoms with Gasteiger partial charge in [0.05, 0.1) is 16.6 Å². The summed E-state index contributed by atoms with van der Waals surface area (Å²) in [7, 11) is -3.11. The first kappa shape index (κ1) is 15.0. The van der Waals surface area contributed by atoms with Crippen molar-refractivity contribution < 1.29 is 21.6 Å². The van der Waals surface area contributed by atoms with Gasteiger partial charge in [0.25, 0.3) is 0 Å². The third-order valence-electron chi connectivity index (χ3n) is 3.36. The Morgan fingerprint density at radius 3 is 2.60 bits per heavy atom. The van der Waals surface area contributed by atoms with Crippen LogP contribution in [0.1, 0.15) is 18.4 Å². The molecule has 1 aromatic rings. The average molecular weight is 308 g/mol. The average Bonchev–Trinajstić information content (AvgIpc) is 2.66. The highest BCUT2D eigenvalue weighted by molar-refractivity contribution is 7.92. The van der Waals surface area contributed by atoms with Crippen molar-refractivity contribution in [3.05, 3.63) is 23.8 Å². The molecule has 1 aliphatic heterocycles. The number of hydrogen-bond acceptors (Lipinski definition) is 4. The van der Waals surface area contributed by atoms with E-state index in [9.17, 15) is 21.6 Å². The second kappa shape index (κ2) is 5.16. The fourth-order valence-electron chi connectivity index (χ4n) is 2.23. The molecule has 1 unspecified atom stereocenters. The molecule has 1 saturated heterocycles.